The Bertz CT molecular complexity index is 815. The van der Waals surface area contributed by atoms with Crippen molar-refractivity contribution in [3.63, 3.8) is 0 Å². The SMILES string of the molecule is C[NH+](C)CC(=O)N[C@@H](CCCSCC(=O)C(F)(F)F)C(=O)NCc1ccco1.O=C([O-])C(F)(F)F. The Hall–Kier alpha value is -2.75. The molecule has 0 aliphatic heterocycles. The predicted octanol–water partition coefficient (Wildman–Crippen LogP) is -0.531. The van der Waals surface area contributed by atoms with Gasteiger partial charge in [-0.25, -0.2) is 0 Å². The maximum absolute atomic E-state index is 12.4. The van der Waals surface area contributed by atoms with Gasteiger partial charge in [-0.3, -0.25) is 14.4 Å². The minimum atomic E-state index is -5.19. The number of quaternary nitrogens is 1. The summed E-state index contributed by atoms with van der Waals surface area (Å²) in [6.07, 6.45) is -7.95. The molecule has 35 heavy (non-hydrogen) atoms. The van der Waals surface area contributed by atoms with Gasteiger partial charge in [0.2, 0.25) is 11.7 Å². The summed E-state index contributed by atoms with van der Waals surface area (Å²) in [5.74, 6) is -5.35. The number of Topliss-reactive ketones (excluding diaryl/α,β-unsaturated/α-hetero) is 1. The lowest BCUT2D eigenvalue weighted by molar-refractivity contribution is -0.849. The Morgan fingerprint density at radius 3 is 2.17 bits per heavy atom. The largest absolute Gasteiger partial charge is 0.542 e. The van der Waals surface area contributed by atoms with Gasteiger partial charge in [0.1, 0.15) is 17.8 Å². The number of amides is 2. The lowest BCUT2D eigenvalue weighted by Crippen LogP contribution is -3.07. The normalized spacial score (nSPS) is 12.4. The number of likely N-dealkylation sites (N-methyl/N-ethyl adjacent to an activating group) is 1. The van der Waals surface area contributed by atoms with E-state index in [-0.39, 0.29) is 31.2 Å². The van der Waals surface area contributed by atoms with Gasteiger partial charge in [-0.05, 0) is 30.7 Å². The summed E-state index contributed by atoms with van der Waals surface area (Å²) in [4.78, 5) is 44.9. The van der Waals surface area contributed by atoms with Crippen molar-refractivity contribution in [2.75, 3.05) is 32.1 Å². The van der Waals surface area contributed by atoms with Crippen molar-refractivity contribution in [2.24, 2.45) is 0 Å². The first-order valence-electron chi connectivity index (χ1n) is 9.88. The number of aliphatic carboxylic acids is 1. The molecule has 0 radical (unpaired) electrons. The Balaban J connectivity index is 0.00000143. The van der Waals surface area contributed by atoms with E-state index in [0.717, 1.165) is 16.7 Å². The van der Waals surface area contributed by atoms with Crippen LogP contribution in [0.1, 0.15) is 18.6 Å². The molecule has 1 atom stereocenters. The summed E-state index contributed by atoms with van der Waals surface area (Å²) >= 11 is 0.850. The summed E-state index contributed by atoms with van der Waals surface area (Å²) < 4.78 is 73.2. The van der Waals surface area contributed by atoms with Crippen LogP contribution in [-0.4, -0.2) is 74.1 Å². The van der Waals surface area contributed by atoms with Crippen molar-refractivity contribution < 1.29 is 59.9 Å². The lowest BCUT2D eigenvalue weighted by atomic mass is 10.1. The number of rotatable bonds is 12. The summed E-state index contributed by atoms with van der Waals surface area (Å²) in [7, 11) is 3.58. The van der Waals surface area contributed by atoms with Crippen molar-refractivity contribution in [1.29, 1.82) is 0 Å². The average molecular weight is 537 g/mol. The van der Waals surface area contributed by atoms with Gasteiger partial charge in [0.15, 0.2) is 6.54 Å². The number of thioether (sulfide) groups is 1. The fourth-order valence-corrected chi connectivity index (χ4v) is 3.05. The molecule has 0 fully saturated rings. The Kier molecular flexibility index (Phi) is 14.1. The molecule has 0 saturated heterocycles. The molecule has 0 spiro atoms. The first kappa shape index (κ1) is 32.2. The number of hydrogen-bond donors (Lipinski definition) is 3. The van der Waals surface area contributed by atoms with Gasteiger partial charge < -0.3 is 29.9 Å². The van der Waals surface area contributed by atoms with E-state index in [1.54, 1.807) is 26.2 Å². The number of ketones is 1. The van der Waals surface area contributed by atoms with Gasteiger partial charge in [-0.15, -0.1) is 0 Å². The molecule has 0 aliphatic carbocycles. The zero-order valence-electron chi connectivity index (χ0n) is 18.7. The average Bonchev–Trinajstić information content (AvgIpc) is 3.22. The molecule has 0 saturated carbocycles. The van der Waals surface area contributed by atoms with Gasteiger partial charge in [0.25, 0.3) is 5.91 Å². The maximum Gasteiger partial charge on any atom is 0.450 e. The number of carboxylic acids is 1. The lowest BCUT2D eigenvalue weighted by Gasteiger charge is -2.18. The molecule has 0 bridgehead atoms. The van der Waals surface area contributed by atoms with Gasteiger partial charge in [0, 0.05) is 0 Å². The van der Waals surface area contributed by atoms with E-state index in [9.17, 15) is 40.7 Å². The van der Waals surface area contributed by atoms with Crippen molar-refractivity contribution in [2.45, 2.75) is 37.8 Å². The van der Waals surface area contributed by atoms with Gasteiger partial charge in [-0.2, -0.15) is 38.1 Å². The van der Waals surface area contributed by atoms with E-state index >= 15 is 0 Å². The molecule has 0 aliphatic rings. The van der Waals surface area contributed by atoms with E-state index in [1.165, 1.54) is 6.26 Å². The smallest absolute Gasteiger partial charge is 0.450 e. The van der Waals surface area contributed by atoms with E-state index in [2.05, 4.69) is 10.6 Å². The molecule has 0 aromatic carbocycles. The molecular formula is C19H25F6N3O6S. The van der Waals surface area contributed by atoms with Crippen LogP contribution in [0, 0.1) is 0 Å². The van der Waals surface area contributed by atoms with Gasteiger partial charge >= 0.3 is 12.4 Å². The fraction of sp³-hybridized carbons (Fsp3) is 0.579. The Morgan fingerprint density at radius 2 is 1.71 bits per heavy atom. The van der Waals surface area contributed by atoms with Crippen LogP contribution in [0.25, 0.3) is 0 Å². The highest BCUT2D eigenvalue weighted by molar-refractivity contribution is 7.99. The highest BCUT2D eigenvalue weighted by Gasteiger charge is 2.37. The second-order valence-corrected chi connectivity index (χ2v) is 8.31. The highest BCUT2D eigenvalue weighted by atomic mass is 32.2. The zero-order valence-corrected chi connectivity index (χ0v) is 19.5. The van der Waals surface area contributed by atoms with E-state index < -0.39 is 41.8 Å². The van der Waals surface area contributed by atoms with Crippen LogP contribution in [0.4, 0.5) is 26.3 Å². The summed E-state index contributed by atoms with van der Waals surface area (Å²) in [6.45, 7) is 0.336. The fourth-order valence-electron chi connectivity index (χ4n) is 2.18. The third-order valence-corrected chi connectivity index (χ3v) is 4.79. The van der Waals surface area contributed by atoms with E-state index in [4.69, 9.17) is 14.3 Å². The molecule has 1 aromatic rings. The van der Waals surface area contributed by atoms with Crippen LogP contribution < -0.4 is 20.6 Å². The minimum absolute atomic E-state index is 0.159. The Morgan fingerprint density at radius 1 is 1.11 bits per heavy atom. The minimum Gasteiger partial charge on any atom is -0.542 e. The molecule has 1 heterocycles. The molecule has 2 amide bonds. The number of nitrogens with one attached hydrogen (secondary N) is 3. The number of carbonyl (C=O) groups excluding carboxylic acids is 4. The van der Waals surface area contributed by atoms with Gasteiger partial charge in [-0.1, -0.05) is 0 Å². The number of carbonyl (C=O) groups is 4. The van der Waals surface area contributed by atoms with Crippen LogP contribution in [0.3, 0.4) is 0 Å². The van der Waals surface area contributed by atoms with Crippen molar-refractivity contribution in [3.8, 4) is 0 Å². The summed E-state index contributed by atoms with van der Waals surface area (Å²) in [6, 6.07) is 2.55. The molecule has 3 N–H and O–H groups in total. The molecule has 200 valence electrons. The number of alkyl halides is 6. The second-order valence-electron chi connectivity index (χ2n) is 7.20. The van der Waals surface area contributed by atoms with Crippen LogP contribution >= 0.6 is 11.8 Å². The number of furan rings is 1. The second kappa shape index (κ2) is 15.3. The first-order valence-corrected chi connectivity index (χ1v) is 11.0. The van der Waals surface area contributed by atoms with E-state index in [0.29, 0.717) is 12.2 Å². The first-order chi connectivity index (χ1) is 16.0. The summed E-state index contributed by atoms with van der Waals surface area (Å²) in [5, 5.41) is 14.1. The molecule has 0 unspecified atom stereocenters. The number of hydrogen-bond acceptors (Lipinski definition) is 7. The van der Waals surface area contributed by atoms with Crippen LogP contribution in [0.5, 0.6) is 0 Å². The highest BCUT2D eigenvalue weighted by Crippen LogP contribution is 2.19. The van der Waals surface area contributed by atoms with Crippen molar-refractivity contribution in [3.05, 3.63) is 24.2 Å². The van der Waals surface area contributed by atoms with E-state index in [1.807, 2.05) is 0 Å². The number of carboxylic acid groups (broad SMARTS) is 1. The molecule has 9 nitrogen and oxygen atoms in total. The van der Waals surface area contributed by atoms with Crippen LogP contribution in [0.2, 0.25) is 0 Å². The predicted molar refractivity (Wildman–Crippen MR) is 109 cm³/mol. The summed E-state index contributed by atoms with van der Waals surface area (Å²) in [5.41, 5.74) is 0. The topological polar surface area (TPSA) is 133 Å². The quantitative estimate of drug-likeness (QED) is 0.241. The van der Waals surface area contributed by atoms with Crippen LogP contribution in [-0.2, 0) is 25.7 Å². The molecule has 1 rings (SSSR count). The Labute approximate surface area is 200 Å². The number of halogens is 6. The molecule has 16 heteroatoms. The zero-order chi connectivity index (χ0) is 27.2. The van der Waals surface area contributed by atoms with Crippen LogP contribution in [0.15, 0.2) is 22.8 Å². The monoisotopic (exact) mass is 537 g/mol. The molecular weight excluding hydrogens is 512 g/mol. The third-order valence-electron chi connectivity index (χ3n) is 3.75. The standard InChI is InChI=1S/C17H24F3N3O4S.C2HF3O2/c1-23(2)10-15(25)22-13(16(26)21-9-12-5-3-7-27-12)6-4-8-28-11-14(24)17(18,19)20;3-2(4,5)1(6)7/h3,5,7,13H,4,6,8-11H2,1-2H3,(H,21,26)(H,22,25);(H,6,7)/t13-;/m0./s1. The molecule has 1 aromatic heterocycles. The van der Waals surface area contributed by atoms with Crippen molar-refractivity contribution in [1.82, 2.24) is 10.6 Å². The van der Waals surface area contributed by atoms with Gasteiger partial charge in [0.05, 0.1) is 32.7 Å². The maximum atomic E-state index is 12.4. The third kappa shape index (κ3) is 15.7. The van der Waals surface area contributed by atoms with Crippen molar-refractivity contribution >= 4 is 35.3 Å².